The monoisotopic (exact) mass is 345 g/mol. The molecule has 1 aromatic heterocycles. The zero-order valence-corrected chi connectivity index (χ0v) is 14.4. The van der Waals surface area contributed by atoms with Crippen LogP contribution in [0.5, 0.6) is 0 Å². The predicted molar refractivity (Wildman–Crippen MR) is 89.2 cm³/mol. The van der Waals surface area contributed by atoms with Gasteiger partial charge in [-0.1, -0.05) is 6.92 Å². The molecule has 1 aliphatic rings. The van der Waals surface area contributed by atoms with Gasteiger partial charge in [0.25, 0.3) is 5.91 Å². The van der Waals surface area contributed by atoms with Gasteiger partial charge < -0.3 is 10.0 Å². The predicted octanol–water partition coefficient (Wildman–Crippen LogP) is 2.42. The van der Waals surface area contributed by atoms with Crippen molar-refractivity contribution in [3.05, 3.63) is 47.0 Å². The van der Waals surface area contributed by atoms with Crippen LogP contribution in [-0.4, -0.2) is 44.8 Å². The molecular weight excluding hydrogens is 325 g/mol. The van der Waals surface area contributed by atoms with Crippen LogP contribution < -0.4 is 0 Å². The normalized spacial score (nSPS) is 20.1. The molecule has 7 heteroatoms. The molecule has 2 atom stereocenters. The third-order valence-electron chi connectivity index (χ3n) is 4.79. The van der Waals surface area contributed by atoms with E-state index in [1.54, 1.807) is 35.6 Å². The van der Waals surface area contributed by atoms with Crippen molar-refractivity contribution >= 4 is 11.9 Å². The molecule has 25 heavy (non-hydrogen) atoms. The van der Waals surface area contributed by atoms with Crippen molar-refractivity contribution in [2.24, 2.45) is 11.8 Å². The van der Waals surface area contributed by atoms with Gasteiger partial charge in [-0.05, 0) is 44.0 Å². The summed E-state index contributed by atoms with van der Waals surface area (Å²) in [6.07, 6.45) is 0. The summed E-state index contributed by atoms with van der Waals surface area (Å²) >= 11 is 0. The highest BCUT2D eigenvalue weighted by Crippen LogP contribution is 2.27. The first-order valence-electron chi connectivity index (χ1n) is 8.13. The summed E-state index contributed by atoms with van der Waals surface area (Å²) in [5.41, 5.74) is 2.36. The van der Waals surface area contributed by atoms with E-state index in [9.17, 15) is 19.1 Å². The third kappa shape index (κ3) is 3.01. The maximum Gasteiger partial charge on any atom is 0.308 e. The lowest BCUT2D eigenvalue weighted by atomic mass is 9.99. The molecule has 3 rings (SSSR count). The van der Waals surface area contributed by atoms with E-state index in [4.69, 9.17) is 0 Å². The highest BCUT2D eigenvalue weighted by molar-refractivity contribution is 5.97. The molecule has 0 bridgehead atoms. The maximum absolute atomic E-state index is 13.1. The number of hydrogen-bond donors (Lipinski definition) is 1. The van der Waals surface area contributed by atoms with Gasteiger partial charge in [0.05, 0.1) is 28.6 Å². The van der Waals surface area contributed by atoms with E-state index in [0.717, 1.165) is 0 Å². The Bertz CT molecular complexity index is 829. The number of aliphatic carboxylic acids is 1. The lowest BCUT2D eigenvalue weighted by molar-refractivity contribution is -0.142. The fourth-order valence-electron chi connectivity index (χ4n) is 3.40. The summed E-state index contributed by atoms with van der Waals surface area (Å²) in [6, 6.07) is 5.88. The number of aromatic nitrogens is 2. The number of carbonyl (C=O) groups excluding carboxylic acids is 1. The van der Waals surface area contributed by atoms with Crippen LogP contribution in [0, 0.1) is 31.5 Å². The second-order valence-electron chi connectivity index (χ2n) is 6.57. The van der Waals surface area contributed by atoms with Crippen LogP contribution in [0.15, 0.2) is 24.3 Å². The maximum atomic E-state index is 13.1. The number of hydrogen-bond acceptors (Lipinski definition) is 3. The van der Waals surface area contributed by atoms with Gasteiger partial charge in [0.15, 0.2) is 0 Å². The lowest BCUT2D eigenvalue weighted by Gasteiger charge is -2.16. The smallest absolute Gasteiger partial charge is 0.308 e. The van der Waals surface area contributed by atoms with Crippen molar-refractivity contribution in [1.29, 1.82) is 0 Å². The molecule has 1 aromatic carbocycles. The fraction of sp³-hybridized carbons (Fsp3) is 0.389. The van der Waals surface area contributed by atoms with Crippen LogP contribution >= 0.6 is 0 Å². The molecule has 1 N–H and O–H groups in total. The summed E-state index contributed by atoms with van der Waals surface area (Å²) in [5.74, 6) is -2.06. The van der Waals surface area contributed by atoms with Gasteiger partial charge >= 0.3 is 5.97 Å². The summed E-state index contributed by atoms with van der Waals surface area (Å²) in [7, 11) is 0. The quantitative estimate of drug-likeness (QED) is 0.927. The Hall–Kier alpha value is -2.70. The average molecular weight is 345 g/mol. The highest BCUT2D eigenvalue weighted by atomic mass is 19.1. The van der Waals surface area contributed by atoms with Crippen LogP contribution in [0.2, 0.25) is 0 Å². The first-order valence-corrected chi connectivity index (χ1v) is 8.13. The Kier molecular flexibility index (Phi) is 4.32. The number of carboxylic acid groups (broad SMARTS) is 1. The number of carbonyl (C=O) groups is 2. The van der Waals surface area contributed by atoms with Crippen molar-refractivity contribution in [2.45, 2.75) is 20.8 Å². The molecule has 0 aliphatic carbocycles. The highest BCUT2D eigenvalue weighted by Gasteiger charge is 2.38. The second-order valence-corrected chi connectivity index (χ2v) is 6.57. The molecular formula is C18H20FN3O3. The zero-order valence-electron chi connectivity index (χ0n) is 14.4. The summed E-state index contributed by atoms with van der Waals surface area (Å²) in [4.78, 5) is 25.8. The molecule has 0 unspecified atom stereocenters. The second kappa shape index (κ2) is 6.31. The van der Waals surface area contributed by atoms with Gasteiger partial charge in [0.1, 0.15) is 5.82 Å². The van der Waals surface area contributed by atoms with Gasteiger partial charge in [0, 0.05) is 13.1 Å². The number of nitrogens with zero attached hydrogens (tertiary/aromatic N) is 3. The van der Waals surface area contributed by atoms with Crippen molar-refractivity contribution in [3.63, 3.8) is 0 Å². The standard InChI is InChI=1S/C18H20FN3O3/c1-10-8-21(9-15(10)18(24)25)17(23)16-11(2)20-22(12(16)3)14-6-4-13(19)5-7-14/h4-7,10,15H,8-9H2,1-3H3,(H,24,25)/t10-,15-/m1/s1. The SMILES string of the molecule is Cc1nn(-c2ccc(F)cc2)c(C)c1C(=O)N1C[C@@H](C)[C@H](C(=O)O)C1. The molecule has 1 fully saturated rings. The van der Waals surface area contributed by atoms with Crippen molar-refractivity contribution in [3.8, 4) is 5.69 Å². The Morgan fingerprint density at radius 3 is 2.40 bits per heavy atom. The summed E-state index contributed by atoms with van der Waals surface area (Å²) in [6.45, 7) is 5.99. The number of amides is 1. The summed E-state index contributed by atoms with van der Waals surface area (Å²) in [5, 5.41) is 13.7. The summed E-state index contributed by atoms with van der Waals surface area (Å²) < 4.78 is 14.7. The van der Waals surface area contributed by atoms with Crippen LogP contribution in [0.3, 0.4) is 0 Å². The number of carboxylic acids is 1. The van der Waals surface area contributed by atoms with Gasteiger partial charge in [-0.25, -0.2) is 9.07 Å². The molecule has 1 saturated heterocycles. The van der Waals surface area contributed by atoms with E-state index in [1.807, 2.05) is 6.92 Å². The molecule has 2 aromatic rings. The van der Waals surface area contributed by atoms with E-state index < -0.39 is 11.9 Å². The van der Waals surface area contributed by atoms with Crippen LogP contribution in [0.4, 0.5) is 4.39 Å². The largest absolute Gasteiger partial charge is 0.481 e. The topological polar surface area (TPSA) is 75.4 Å². The van der Waals surface area contributed by atoms with E-state index in [0.29, 0.717) is 29.2 Å². The van der Waals surface area contributed by atoms with Crippen LogP contribution in [-0.2, 0) is 4.79 Å². The Morgan fingerprint density at radius 1 is 1.20 bits per heavy atom. The van der Waals surface area contributed by atoms with Gasteiger partial charge in [0.2, 0.25) is 0 Å². The van der Waals surface area contributed by atoms with E-state index in [2.05, 4.69) is 5.10 Å². The van der Waals surface area contributed by atoms with Crippen molar-refractivity contribution in [2.75, 3.05) is 13.1 Å². The fourth-order valence-corrected chi connectivity index (χ4v) is 3.40. The van der Waals surface area contributed by atoms with E-state index >= 15 is 0 Å². The average Bonchev–Trinajstić information content (AvgIpc) is 3.08. The Labute approximate surface area is 144 Å². The molecule has 0 radical (unpaired) electrons. The van der Waals surface area contributed by atoms with Crippen LogP contribution in [0.1, 0.15) is 28.7 Å². The zero-order chi connectivity index (χ0) is 18.3. The number of rotatable bonds is 3. The number of likely N-dealkylation sites (tertiary alicyclic amines) is 1. The van der Waals surface area contributed by atoms with E-state index in [-0.39, 0.29) is 24.2 Å². The third-order valence-corrected chi connectivity index (χ3v) is 4.79. The van der Waals surface area contributed by atoms with Crippen LogP contribution in [0.25, 0.3) is 5.69 Å². The Morgan fingerprint density at radius 2 is 1.84 bits per heavy atom. The molecule has 1 aliphatic heterocycles. The van der Waals surface area contributed by atoms with Gasteiger partial charge in [-0.15, -0.1) is 0 Å². The van der Waals surface area contributed by atoms with Crippen molar-refractivity contribution in [1.82, 2.24) is 14.7 Å². The van der Waals surface area contributed by atoms with Gasteiger partial charge in [-0.2, -0.15) is 5.10 Å². The minimum atomic E-state index is -0.877. The van der Waals surface area contributed by atoms with E-state index in [1.165, 1.54) is 12.1 Å². The first-order chi connectivity index (χ1) is 11.8. The minimum Gasteiger partial charge on any atom is -0.481 e. The lowest BCUT2D eigenvalue weighted by Crippen LogP contribution is -2.30. The molecule has 1 amide bonds. The molecule has 2 heterocycles. The molecule has 0 spiro atoms. The van der Waals surface area contributed by atoms with Crippen molar-refractivity contribution < 1.29 is 19.1 Å². The molecule has 0 saturated carbocycles. The molecule has 132 valence electrons. The number of halogens is 1. The number of aryl methyl sites for hydroxylation is 1. The minimum absolute atomic E-state index is 0.0887. The Balaban J connectivity index is 1.92. The first kappa shape index (κ1) is 17.1. The molecule has 6 nitrogen and oxygen atoms in total. The van der Waals surface area contributed by atoms with Gasteiger partial charge in [-0.3, -0.25) is 9.59 Å². The number of benzene rings is 1.